The van der Waals surface area contributed by atoms with Gasteiger partial charge in [-0.15, -0.1) is 0 Å². The molecule has 1 aromatic heterocycles. The van der Waals surface area contributed by atoms with Crippen molar-refractivity contribution in [2.75, 3.05) is 14.1 Å². The average Bonchev–Trinajstić information content (AvgIpc) is 2.98. The highest BCUT2D eigenvalue weighted by Gasteiger charge is 2.27. The van der Waals surface area contributed by atoms with Crippen molar-refractivity contribution in [1.82, 2.24) is 18.6 Å². The Morgan fingerprint density at radius 1 is 1.04 bits per heavy atom. The van der Waals surface area contributed by atoms with Crippen LogP contribution in [0, 0.1) is 5.92 Å². The Kier molecular flexibility index (Phi) is 5.91. The van der Waals surface area contributed by atoms with E-state index in [2.05, 4.69) is 9.71 Å². The van der Waals surface area contributed by atoms with Crippen LogP contribution in [0.4, 0.5) is 0 Å². The fraction of sp³-hybridized carbons (Fsp3) is 0.438. The molecule has 0 spiro atoms. The summed E-state index contributed by atoms with van der Waals surface area (Å²) in [4.78, 5) is 4.26. The lowest BCUT2D eigenvalue weighted by molar-refractivity contribution is 0.435. The minimum atomic E-state index is -3.84. The normalized spacial score (nSPS) is 14.1. The Morgan fingerprint density at radius 3 is 2.00 bits per heavy atom. The third kappa shape index (κ3) is 4.14. The average molecular weight is 401 g/mol. The van der Waals surface area contributed by atoms with Gasteiger partial charge in [0.25, 0.3) is 0 Å². The molecular weight excluding hydrogens is 376 g/mol. The van der Waals surface area contributed by atoms with Gasteiger partial charge in [-0.2, -0.15) is 0 Å². The van der Waals surface area contributed by atoms with Gasteiger partial charge in [-0.25, -0.2) is 30.8 Å². The monoisotopic (exact) mass is 400 g/mol. The van der Waals surface area contributed by atoms with Crippen LogP contribution < -0.4 is 4.72 Å². The summed E-state index contributed by atoms with van der Waals surface area (Å²) in [5.74, 6) is 0.578. The van der Waals surface area contributed by atoms with Gasteiger partial charge in [-0.1, -0.05) is 13.8 Å². The van der Waals surface area contributed by atoms with Gasteiger partial charge in [0.15, 0.2) is 0 Å². The fourth-order valence-electron chi connectivity index (χ4n) is 2.40. The number of sulfonamides is 2. The van der Waals surface area contributed by atoms with Gasteiger partial charge in [0.1, 0.15) is 5.82 Å². The third-order valence-corrected chi connectivity index (χ3v) is 7.28. The smallest absolute Gasteiger partial charge is 0.242 e. The van der Waals surface area contributed by atoms with Crippen molar-refractivity contribution in [2.45, 2.75) is 29.7 Å². The van der Waals surface area contributed by atoms with Gasteiger partial charge in [0.05, 0.1) is 15.8 Å². The second-order valence-corrected chi connectivity index (χ2v) is 10.4. The summed E-state index contributed by atoms with van der Waals surface area (Å²) in [6.45, 7) is 3.79. The summed E-state index contributed by atoms with van der Waals surface area (Å²) in [6, 6.07) is 4.64. The molecule has 0 bridgehead atoms. The van der Waals surface area contributed by atoms with Crippen molar-refractivity contribution in [3.63, 3.8) is 0 Å². The van der Waals surface area contributed by atoms with Crippen molar-refractivity contribution in [2.24, 2.45) is 13.0 Å². The van der Waals surface area contributed by atoms with E-state index in [0.29, 0.717) is 5.82 Å². The maximum atomic E-state index is 12.7. The minimum Gasteiger partial charge on any atom is -0.337 e. The van der Waals surface area contributed by atoms with Gasteiger partial charge in [0, 0.05) is 33.5 Å². The molecule has 0 saturated carbocycles. The predicted octanol–water partition coefficient (Wildman–Crippen LogP) is 1.35. The van der Waals surface area contributed by atoms with Crippen molar-refractivity contribution < 1.29 is 16.8 Å². The van der Waals surface area contributed by atoms with Crippen LogP contribution in [-0.4, -0.2) is 44.8 Å². The zero-order valence-electron chi connectivity index (χ0n) is 15.4. The Hall–Kier alpha value is -1.75. The highest BCUT2D eigenvalue weighted by Crippen LogP contribution is 2.23. The van der Waals surface area contributed by atoms with Crippen LogP contribution in [0.2, 0.25) is 0 Å². The molecule has 0 aliphatic carbocycles. The molecule has 0 aliphatic heterocycles. The maximum Gasteiger partial charge on any atom is 0.242 e. The van der Waals surface area contributed by atoms with Crippen LogP contribution in [0.3, 0.4) is 0 Å². The van der Waals surface area contributed by atoms with E-state index >= 15 is 0 Å². The lowest BCUT2D eigenvalue weighted by atomic mass is 10.1. The second-order valence-electron chi connectivity index (χ2n) is 6.50. The summed E-state index contributed by atoms with van der Waals surface area (Å²) < 4.78 is 55.2. The first-order chi connectivity index (χ1) is 12.0. The van der Waals surface area contributed by atoms with Crippen LogP contribution in [0.15, 0.2) is 46.5 Å². The van der Waals surface area contributed by atoms with Gasteiger partial charge < -0.3 is 4.57 Å². The zero-order chi connectivity index (χ0) is 19.7. The molecule has 144 valence electrons. The molecule has 0 unspecified atom stereocenters. The van der Waals surface area contributed by atoms with Crippen LogP contribution >= 0.6 is 0 Å². The lowest BCUT2D eigenvalue weighted by Crippen LogP contribution is -2.33. The van der Waals surface area contributed by atoms with E-state index in [4.69, 9.17) is 0 Å². The summed E-state index contributed by atoms with van der Waals surface area (Å²) in [5, 5.41) is 0. The van der Waals surface area contributed by atoms with Gasteiger partial charge in [-0.05, 0) is 30.2 Å². The molecule has 0 aliphatic rings. The Morgan fingerprint density at radius 2 is 1.58 bits per heavy atom. The quantitative estimate of drug-likeness (QED) is 0.756. The Bertz CT molecular complexity index is 962. The van der Waals surface area contributed by atoms with E-state index in [9.17, 15) is 16.8 Å². The number of imidazole rings is 1. The zero-order valence-corrected chi connectivity index (χ0v) is 17.0. The number of hydrogen-bond donors (Lipinski definition) is 1. The summed E-state index contributed by atoms with van der Waals surface area (Å²) in [6.07, 6.45) is 3.36. The molecule has 1 N–H and O–H groups in total. The Balaban J connectivity index is 2.34. The number of aryl methyl sites for hydroxylation is 1. The molecule has 0 saturated heterocycles. The number of benzene rings is 1. The molecule has 0 radical (unpaired) electrons. The molecule has 1 aromatic carbocycles. The van der Waals surface area contributed by atoms with E-state index in [1.165, 1.54) is 38.4 Å². The molecule has 0 fully saturated rings. The van der Waals surface area contributed by atoms with Gasteiger partial charge in [-0.3, -0.25) is 0 Å². The number of aromatic nitrogens is 2. The number of rotatable bonds is 7. The lowest BCUT2D eigenvalue weighted by Gasteiger charge is -2.22. The molecule has 10 heteroatoms. The largest absolute Gasteiger partial charge is 0.337 e. The van der Waals surface area contributed by atoms with E-state index in [1.807, 2.05) is 13.8 Å². The first kappa shape index (κ1) is 20.6. The van der Waals surface area contributed by atoms with Crippen LogP contribution in [0.1, 0.15) is 25.7 Å². The standard InChI is InChI=1S/C16H24N4O4S2/c1-12(2)15(16-17-10-11-20(16)5)18-25(21,22)13-6-8-14(9-7-13)26(23,24)19(3)4/h6-12,15,18H,1-5H3/t15-/m1/s1. The molecule has 0 amide bonds. The molecule has 26 heavy (non-hydrogen) atoms. The van der Waals surface area contributed by atoms with Crippen molar-refractivity contribution >= 4 is 20.0 Å². The van der Waals surface area contributed by atoms with E-state index in [1.54, 1.807) is 24.0 Å². The molecule has 8 nitrogen and oxygen atoms in total. The third-order valence-electron chi connectivity index (χ3n) is 4.00. The van der Waals surface area contributed by atoms with Gasteiger partial charge >= 0.3 is 0 Å². The number of nitrogens with one attached hydrogen (secondary N) is 1. The number of nitrogens with zero attached hydrogens (tertiary/aromatic N) is 3. The van der Waals surface area contributed by atoms with Crippen LogP contribution in [-0.2, 0) is 27.1 Å². The van der Waals surface area contributed by atoms with Crippen LogP contribution in [0.5, 0.6) is 0 Å². The molecule has 1 heterocycles. The van der Waals surface area contributed by atoms with E-state index in [0.717, 1.165) is 4.31 Å². The molecule has 2 aromatic rings. The van der Waals surface area contributed by atoms with Crippen LogP contribution in [0.25, 0.3) is 0 Å². The SMILES string of the molecule is CC(C)[C@@H](NS(=O)(=O)c1ccc(S(=O)(=O)N(C)C)cc1)c1nccn1C. The van der Waals surface area contributed by atoms with Gasteiger partial charge in [0.2, 0.25) is 20.0 Å². The molecular formula is C16H24N4O4S2. The predicted molar refractivity (Wildman–Crippen MR) is 98.4 cm³/mol. The summed E-state index contributed by atoms with van der Waals surface area (Å²) in [5.41, 5.74) is 0. The second kappa shape index (κ2) is 7.47. The first-order valence-corrected chi connectivity index (χ1v) is 10.9. The summed E-state index contributed by atoms with van der Waals surface area (Å²) in [7, 11) is -2.82. The number of hydrogen-bond acceptors (Lipinski definition) is 5. The fourth-order valence-corrected chi connectivity index (χ4v) is 4.64. The van der Waals surface area contributed by atoms with E-state index in [-0.39, 0.29) is 15.7 Å². The van der Waals surface area contributed by atoms with Crippen molar-refractivity contribution in [1.29, 1.82) is 0 Å². The molecule has 2 rings (SSSR count). The first-order valence-electron chi connectivity index (χ1n) is 7.99. The minimum absolute atomic E-state index is 0.00457. The van der Waals surface area contributed by atoms with Crippen molar-refractivity contribution in [3.05, 3.63) is 42.5 Å². The Labute approximate surface area is 155 Å². The highest BCUT2D eigenvalue weighted by atomic mass is 32.2. The van der Waals surface area contributed by atoms with Crippen molar-refractivity contribution in [3.8, 4) is 0 Å². The highest BCUT2D eigenvalue weighted by molar-refractivity contribution is 7.89. The molecule has 1 atom stereocenters. The summed E-state index contributed by atoms with van der Waals surface area (Å²) >= 11 is 0. The topological polar surface area (TPSA) is 101 Å². The van der Waals surface area contributed by atoms with E-state index < -0.39 is 26.1 Å². The maximum absolute atomic E-state index is 12.7.